The van der Waals surface area contributed by atoms with Crippen LogP contribution in [0, 0.1) is 13.8 Å². The van der Waals surface area contributed by atoms with Gasteiger partial charge in [-0.1, -0.05) is 18.2 Å². The molecule has 94 valence electrons. The number of carbonyl (C=O) groups is 1. The fraction of sp³-hybridized carbons (Fsp3) is 0.417. The Bertz CT molecular complexity index is 453. The van der Waals surface area contributed by atoms with Crippen LogP contribution >= 0.6 is 0 Å². The first-order valence-electron chi connectivity index (χ1n) is 5.02. The van der Waals surface area contributed by atoms with Gasteiger partial charge in [0.15, 0.2) is 5.60 Å². The number of carboxylic acids is 1. The third-order valence-corrected chi connectivity index (χ3v) is 2.95. The molecule has 1 aromatic carbocycles. The monoisotopic (exact) mass is 244 g/mol. The van der Waals surface area contributed by atoms with Gasteiger partial charge in [-0.2, -0.15) is 8.78 Å². The van der Waals surface area contributed by atoms with Crippen molar-refractivity contribution in [2.24, 2.45) is 0 Å². The summed E-state index contributed by atoms with van der Waals surface area (Å²) in [4.78, 5) is 10.5. The lowest BCUT2D eigenvalue weighted by atomic mass is 9.87. The standard InChI is InChI=1S/C12H14F2O3/c1-7-4-5-9(6-8(7)2)11(3,17)12(13,14)10(15)16/h4-6,17H,1-3H3,(H,15,16). The van der Waals surface area contributed by atoms with Gasteiger partial charge in [0.05, 0.1) is 0 Å². The second-order valence-electron chi connectivity index (χ2n) is 4.25. The highest BCUT2D eigenvalue weighted by Crippen LogP contribution is 2.38. The van der Waals surface area contributed by atoms with Crippen molar-refractivity contribution in [3.05, 3.63) is 34.9 Å². The molecule has 0 aliphatic rings. The van der Waals surface area contributed by atoms with Gasteiger partial charge in [0.2, 0.25) is 0 Å². The molecule has 0 saturated heterocycles. The van der Waals surface area contributed by atoms with E-state index in [0.29, 0.717) is 5.56 Å². The number of aliphatic carboxylic acids is 1. The van der Waals surface area contributed by atoms with Gasteiger partial charge in [-0.15, -0.1) is 0 Å². The minimum Gasteiger partial charge on any atom is -0.477 e. The van der Waals surface area contributed by atoms with Crippen molar-refractivity contribution in [3.63, 3.8) is 0 Å². The van der Waals surface area contributed by atoms with E-state index in [-0.39, 0.29) is 5.56 Å². The molecule has 1 atom stereocenters. The molecule has 0 spiro atoms. The smallest absolute Gasteiger partial charge is 0.378 e. The number of hydrogen-bond donors (Lipinski definition) is 2. The summed E-state index contributed by atoms with van der Waals surface area (Å²) in [7, 11) is 0. The number of rotatable bonds is 3. The van der Waals surface area contributed by atoms with E-state index >= 15 is 0 Å². The maximum Gasteiger partial charge on any atom is 0.378 e. The second-order valence-corrected chi connectivity index (χ2v) is 4.25. The summed E-state index contributed by atoms with van der Waals surface area (Å²) in [6.07, 6.45) is 0. The maximum absolute atomic E-state index is 13.4. The molecule has 1 rings (SSSR count). The fourth-order valence-electron chi connectivity index (χ4n) is 1.43. The Hall–Kier alpha value is -1.49. The molecule has 17 heavy (non-hydrogen) atoms. The van der Waals surface area contributed by atoms with Gasteiger partial charge in [-0.05, 0) is 37.5 Å². The molecule has 0 saturated carbocycles. The normalized spacial score (nSPS) is 15.4. The van der Waals surface area contributed by atoms with E-state index in [9.17, 15) is 18.7 Å². The Morgan fingerprint density at radius 2 is 1.76 bits per heavy atom. The molecule has 1 unspecified atom stereocenters. The lowest BCUT2D eigenvalue weighted by Crippen LogP contribution is -2.48. The van der Waals surface area contributed by atoms with Gasteiger partial charge in [0.25, 0.3) is 0 Å². The molecule has 5 heteroatoms. The zero-order valence-electron chi connectivity index (χ0n) is 9.79. The largest absolute Gasteiger partial charge is 0.477 e. The van der Waals surface area contributed by atoms with Crippen molar-refractivity contribution in [2.45, 2.75) is 32.3 Å². The summed E-state index contributed by atoms with van der Waals surface area (Å²) >= 11 is 0. The molecule has 0 aliphatic heterocycles. The predicted molar refractivity (Wildman–Crippen MR) is 58.1 cm³/mol. The van der Waals surface area contributed by atoms with Crippen molar-refractivity contribution in [3.8, 4) is 0 Å². The number of aryl methyl sites for hydroxylation is 2. The molecule has 3 nitrogen and oxygen atoms in total. The Morgan fingerprint density at radius 1 is 1.24 bits per heavy atom. The third kappa shape index (κ3) is 2.15. The van der Waals surface area contributed by atoms with Gasteiger partial charge >= 0.3 is 11.9 Å². The van der Waals surface area contributed by atoms with Crippen molar-refractivity contribution in [1.29, 1.82) is 0 Å². The third-order valence-electron chi connectivity index (χ3n) is 2.95. The average molecular weight is 244 g/mol. The first kappa shape index (κ1) is 13.6. The molecule has 0 fully saturated rings. The van der Waals surface area contributed by atoms with Crippen LogP contribution in [-0.2, 0) is 10.4 Å². The van der Waals surface area contributed by atoms with Gasteiger partial charge in [-0.3, -0.25) is 0 Å². The number of hydrogen-bond acceptors (Lipinski definition) is 2. The Kier molecular flexibility index (Phi) is 3.25. The molecule has 1 aromatic rings. The van der Waals surface area contributed by atoms with E-state index < -0.39 is 17.5 Å². The molecule has 0 amide bonds. The fourth-order valence-corrected chi connectivity index (χ4v) is 1.43. The molecular weight excluding hydrogens is 230 g/mol. The first-order valence-corrected chi connectivity index (χ1v) is 5.02. The van der Waals surface area contributed by atoms with Gasteiger partial charge in [-0.25, -0.2) is 4.79 Å². The molecule has 0 aliphatic carbocycles. The highest BCUT2D eigenvalue weighted by molar-refractivity contribution is 5.77. The van der Waals surface area contributed by atoms with Crippen LogP contribution in [-0.4, -0.2) is 22.1 Å². The van der Waals surface area contributed by atoms with Crippen LogP contribution in [0.4, 0.5) is 8.78 Å². The van der Waals surface area contributed by atoms with E-state index in [4.69, 9.17) is 5.11 Å². The van der Waals surface area contributed by atoms with Crippen LogP contribution in [0.5, 0.6) is 0 Å². The number of aliphatic hydroxyl groups is 1. The summed E-state index contributed by atoms with van der Waals surface area (Å²) in [6, 6.07) is 4.24. The quantitative estimate of drug-likeness (QED) is 0.857. The lowest BCUT2D eigenvalue weighted by Gasteiger charge is -2.30. The second kappa shape index (κ2) is 4.07. The van der Waals surface area contributed by atoms with Crippen LogP contribution in [0.15, 0.2) is 18.2 Å². The zero-order valence-corrected chi connectivity index (χ0v) is 9.79. The molecule has 0 heterocycles. The van der Waals surface area contributed by atoms with Gasteiger partial charge < -0.3 is 10.2 Å². The van der Waals surface area contributed by atoms with E-state index in [2.05, 4.69) is 0 Å². The minimum absolute atomic E-state index is 0.118. The van der Waals surface area contributed by atoms with Crippen molar-refractivity contribution in [2.75, 3.05) is 0 Å². The van der Waals surface area contributed by atoms with E-state index in [0.717, 1.165) is 12.5 Å². The molecule has 0 bridgehead atoms. The maximum atomic E-state index is 13.4. The lowest BCUT2D eigenvalue weighted by molar-refractivity contribution is -0.207. The van der Waals surface area contributed by atoms with E-state index in [1.165, 1.54) is 12.1 Å². The van der Waals surface area contributed by atoms with Crippen LogP contribution in [0.2, 0.25) is 0 Å². The Morgan fingerprint density at radius 3 is 2.18 bits per heavy atom. The summed E-state index contributed by atoms with van der Waals surface area (Å²) in [5, 5.41) is 18.2. The van der Waals surface area contributed by atoms with Crippen LogP contribution < -0.4 is 0 Å². The SMILES string of the molecule is Cc1ccc(C(C)(O)C(F)(F)C(=O)O)cc1C. The van der Waals surface area contributed by atoms with Crippen molar-refractivity contribution < 1.29 is 23.8 Å². The summed E-state index contributed by atoms with van der Waals surface area (Å²) < 4.78 is 26.8. The van der Waals surface area contributed by atoms with Gasteiger partial charge in [0.1, 0.15) is 0 Å². The summed E-state index contributed by atoms with van der Waals surface area (Å²) in [5.74, 6) is -6.59. The predicted octanol–water partition coefficient (Wildman–Crippen LogP) is 2.23. The zero-order chi connectivity index (χ0) is 13.4. The number of benzene rings is 1. The van der Waals surface area contributed by atoms with Crippen molar-refractivity contribution >= 4 is 5.97 Å². The molecule has 0 radical (unpaired) electrons. The highest BCUT2D eigenvalue weighted by Gasteiger charge is 2.56. The summed E-state index contributed by atoms with van der Waals surface area (Å²) in [5.41, 5.74) is -1.27. The van der Waals surface area contributed by atoms with Crippen LogP contribution in [0.3, 0.4) is 0 Å². The Balaban J connectivity index is 3.30. The van der Waals surface area contributed by atoms with E-state index in [1.54, 1.807) is 19.9 Å². The molecular formula is C12H14F2O3. The number of halogens is 2. The molecule has 2 N–H and O–H groups in total. The highest BCUT2D eigenvalue weighted by atomic mass is 19.3. The van der Waals surface area contributed by atoms with E-state index in [1.807, 2.05) is 0 Å². The van der Waals surface area contributed by atoms with Gasteiger partial charge in [0, 0.05) is 0 Å². The summed E-state index contributed by atoms with van der Waals surface area (Å²) in [6.45, 7) is 4.29. The Labute approximate surface area is 97.7 Å². The number of alkyl halides is 2. The van der Waals surface area contributed by atoms with Crippen LogP contribution in [0.25, 0.3) is 0 Å². The van der Waals surface area contributed by atoms with Crippen LogP contribution in [0.1, 0.15) is 23.6 Å². The number of carboxylic acid groups (broad SMARTS) is 1. The average Bonchev–Trinajstić information content (AvgIpc) is 2.21. The molecule has 0 aromatic heterocycles. The first-order chi connectivity index (χ1) is 7.60. The topological polar surface area (TPSA) is 57.5 Å². The van der Waals surface area contributed by atoms with Crippen molar-refractivity contribution in [1.82, 2.24) is 0 Å². The minimum atomic E-state index is -4.24.